The molecule has 0 atom stereocenters. The Bertz CT molecular complexity index is 555. The molecular weight excluding hydrogens is 238 g/mol. The molecule has 0 spiro atoms. The van der Waals surface area contributed by atoms with E-state index in [0.717, 1.165) is 18.7 Å². The van der Waals surface area contributed by atoms with Crippen LogP contribution in [0.15, 0.2) is 30.3 Å². The first-order chi connectivity index (χ1) is 9.17. The summed E-state index contributed by atoms with van der Waals surface area (Å²) in [5.41, 5.74) is 3.49. The molecule has 0 fully saturated rings. The number of aromatic nitrogens is 2. The summed E-state index contributed by atoms with van der Waals surface area (Å²) in [7, 11) is 1.61. The number of hydrogen-bond donors (Lipinski definition) is 1. The van der Waals surface area contributed by atoms with Gasteiger partial charge in [-0.1, -0.05) is 29.8 Å². The van der Waals surface area contributed by atoms with Crippen molar-refractivity contribution >= 4 is 5.95 Å². The zero-order valence-electron chi connectivity index (χ0n) is 11.6. The molecule has 2 rings (SSSR count). The van der Waals surface area contributed by atoms with Gasteiger partial charge < -0.3 is 10.1 Å². The van der Waals surface area contributed by atoms with E-state index in [4.69, 9.17) is 4.74 Å². The van der Waals surface area contributed by atoms with Crippen LogP contribution < -0.4 is 10.1 Å². The van der Waals surface area contributed by atoms with Gasteiger partial charge in [-0.25, -0.2) is 4.98 Å². The van der Waals surface area contributed by atoms with E-state index in [1.165, 1.54) is 11.1 Å². The summed E-state index contributed by atoms with van der Waals surface area (Å²) in [5, 5.41) is 3.23. The van der Waals surface area contributed by atoms with Crippen LogP contribution in [0, 0.1) is 13.8 Å². The standard InChI is InChI=1S/C15H19N3O/c1-11-5-4-6-13(9-11)7-8-16-15-17-12(2)10-14(18-15)19-3/h4-6,9-10H,7-8H2,1-3H3,(H,16,17,18). The number of methoxy groups -OCH3 is 1. The first kappa shape index (κ1) is 13.3. The van der Waals surface area contributed by atoms with E-state index in [-0.39, 0.29) is 0 Å². The van der Waals surface area contributed by atoms with E-state index in [1.807, 2.05) is 13.0 Å². The number of nitrogens with zero attached hydrogens (tertiary/aromatic N) is 2. The summed E-state index contributed by atoms with van der Waals surface area (Å²) >= 11 is 0. The van der Waals surface area contributed by atoms with Crippen molar-refractivity contribution < 1.29 is 4.74 Å². The van der Waals surface area contributed by atoms with Gasteiger partial charge >= 0.3 is 0 Å². The number of rotatable bonds is 5. The van der Waals surface area contributed by atoms with Crippen molar-refractivity contribution in [2.24, 2.45) is 0 Å². The Labute approximate surface area is 113 Å². The van der Waals surface area contributed by atoms with Gasteiger partial charge in [-0.2, -0.15) is 4.98 Å². The summed E-state index contributed by atoms with van der Waals surface area (Å²) in [6, 6.07) is 10.3. The molecule has 1 N–H and O–H groups in total. The molecule has 100 valence electrons. The molecule has 0 unspecified atom stereocenters. The fourth-order valence-corrected chi connectivity index (χ4v) is 1.91. The molecule has 0 amide bonds. The van der Waals surface area contributed by atoms with Gasteiger partial charge in [0.15, 0.2) is 0 Å². The van der Waals surface area contributed by atoms with Crippen molar-refractivity contribution in [3.63, 3.8) is 0 Å². The van der Waals surface area contributed by atoms with E-state index in [0.29, 0.717) is 11.8 Å². The quantitative estimate of drug-likeness (QED) is 0.894. The molecule has 1 aromatic carbocycles. The van der Waals surface area contributed by atoms with Crippen molar-refractivity contribution in [1.29, 1.82) is 0 Å². The van der Waals surface area contributed by atoms with Gasteiger partial charge in [-0.05, 0) is 25.8 Å². The van der Waals surface area contributed by atoms with Crippen LogP contribution in [0.1, 0.15) is 16.8 Å². The molecule has 0 saturated carbocycles. The number of benzene rings is 1. The van der Waals surface area contributed by atoms with Gasteiger partial charge in [0.1, 0.15) is 0 Å². The molecule has 0 saturated heterocycles. The van der Waals surface area contributed by atoms with Gasteiger partial charge in [0.25, 0.3) is 0 Å². The van der Waals surface area contributed by atoms with Crippen molar-refractivity contribution in [3.8, 4) is 5.88 Å². The van der Waals surface area contributed by atoms with Crippen LogP contribution in [0.2, 0.25) is 0 Å². The Kier molecular flexibility index (Phi) is 4.34. The van der Waals surface area contributed by atoms with Gasteiger partial charge in [0.2, 0.25) is 11.8 Å². The van der Waals surface area contributed by atoms with Crippen LogP contribution in [-0.4, -0.2) is 23.6 Å². The molecule has 0 radical (unpaired) electrons. The Morgan fingerprint density at radius 3 is 2.74 bits per heavy atom. The zero-order valence-corrected chi connectivity index (χ0v) is 11.6. The Morgan fingerprint density at radius 2 is 2.00 bits per heavy atom. The summed E-state index contributed by atoms with van der Waals surface area (Å²) < 4.78 is 5.12. The smallest absolute Gasteiger partial charge is 0.226 e. The highest BCUT2D eigenvalue weighted by Gasteiger charge is 2.01. The third kappa shape index (κ3) is 3.95. The maximum Gasteiger partial charge on any atom is 0.226 e. The zero-order chi connectivity index (χ0) is 13.7. The summed E-state index contributed by atoms with van der Waals surface area (Å²) in [6.07, 6.45) is 0.946. The number of hydrogen-bond acceptors (Lipinski definition) is 4. The van der Waals surface area contributed by atoms with Gasteiger partial charge in [0.05, 0.1) is 7.11 Å². The van der Waals surface area contributed by atoms with E-state index in [2.05, 4.69) is 46.5 Å². The number of anilines is 1. The molecule has 4 heteroatoms. The van der Waals surface area contributed by atoms with Crippen molar-refractivity contribution in [1.82, 2.24) is 9.97 Å². The normalized spacial score (nSPS) is 10.3. The van der Waals surface area contributed by atoms with E-state index >= 15 is 0 Å². The first-order valence-corrected chi connectivity index (χ1v) is 6.36. The molecule has 0 aliphatic rings. The van der Waals surface area contributed by atoms with E-state index < -0.39 is 0 Å². The third-order valence-corrected chi connectivity index (χ3v) is 2.82. The number of nitrogens with one attached hydrogen (secondary N) is 1. The number of ether oxygens (including phenoxy) is 1. The van der Waals surface area contributed by atoms with Gasteiger partial charge in [0, 0.05) is 18.3 Å². The van der Waals surface area contributed by atoms with Crippen LogP contribution in [-0.2, 0) is 6.42 Å². The van der Waals surface area contributed by atoms with E-state index in [1.54, 1.807) is 7.11 Å². The first-order valence-electron chi connectivity index (χ1n) is 6.36. The third-order valence-electron chi connectivity index (χ3n) is 2.82. The summed E-state index contributed by atoms with van der Waals surface area (Å²) in [4.78, 5) is 8.58. The van der Waals surface area contributed by atoms with Crippen LogP contribution in [0.3, 0.4) is 0 Å². The van der Waals surface area contributed by atoms with Gasteiger partial charge in [-0.3, -0.25) is 0 Å². The second kappa shape index (κ2) is 6.18. The maximum atomic E-state index is 5.12. The minimum Gasteiger partial charge on any atom is -0.481 e. The average Bonchev–Trinajstić information content (AvgIpc) is 2.38. The summed E-state index contributed by atoms with van der Waals surface area (Å²) in [5.74, 6) is 1.20. The minimum atomic E-state index is 0.588. The molecule has 0 bridgehead atoms. The van der Waals surface area contributed by atoms with Crippen molar-refractivity contribution in [2.45, 2.75) is 20.3 Å². The molecule has 0 aliphatic carbocycles. The lowest BCUT2D eigenvalue weighted by Gasteiger charge is -2.07. The van der Waals surface area contributed by atoms with Crippen LogP contribution in [0.5, 0.6) is 5.88 Å². The lowest BCUT2D eigenvalue weighted by molar-refractivity contribution is 0.397. The topological polar surface area (TPSA) is 47.0 Å². The molecule has 2 aromatic rings. The van der Waals surface area contributed by atoms with Crippen molar-refractivity contribution in [2.75, 3.05) is 19.0 Å². The minimum absolute atomic E-state index is 0.588. The maximum absolute atomic E-state index is 5.12. The SMILES string of the molecule is COc1cc(C)nc(NCCc2cccc(C)c2)n1. The molecular formula is C15H19N3O. The average molecular weight is 257 g/mol. The largest absolute Gasteiger partial charge is 0.481 e. The Morgan fingerprint density at radius 1 is 1.16 bits per heavy atom. The molecule has 4 nitrogen and oxygen atoms in total. The fourth-order valence-electron chi connectivity index (χ4n) is 1.91. The highest BCUT2D eigenvalue weighted by Crippen LogP contribution is 2.11. The molecule has 19 heavy (non-hydrogen) atoms. The predicted octanol–water partition coefficient (Wildman–Crippen LogP) is 2.76. The Hall–Kier alpha value is -2.10. The Balaban J connectivity index is 1.94. The summed E-state index contributed by atoms with van der Waals surface area (Å²) in [6.45, 7) is 4.83. The highest BCUT2D eigenvalue weighted by molar-refractivity contribution is 5.31. The second-order valence-corrected chi connectivity index (χ2v) is 4.54. The fraction of sp³-hybridized carbons (Fsp3) is 0.333. The second-order valence-electron chi connectivity index (χ2n) is 4.54. The van der Waals surface area contributed by atoms with E-state index in [9.17, 15) is 0 Å². The lowest BCUT2D eigenvalue weighted by atomic mass is 10.1. The van der Waals surface area contributed by atoms with Crippen molar-refractivity contribution in [3.05, 3.63) is 47.2 Å². The number of aryl methyl sites for hydroxylation is 2. The van der Waals surface area contributed by atoms with Crippen LogP contribution in [0.4, 0.5) is 5.95 Å². The molecule has 1 heterocycles. The van der Waals surface area contributed by atoms with Crippen LogP contribution >= 0.6 is 0 Å². The van der Waals surface area contributed by atoms with Crippen LogP contribution in [0.25, 0.3) is 0 Å². The van der Waals surface area contributed by atoms with Gasteiger partial charge in [-0.15, -0.1) is 0 Å². The molecule has 0 aliphatic heterocycles. The lowest BCUT2D eigenvalue weighted by Crippen LogP contribution is -2.09. The molecule has 1 aromatic heterocycles. The predicted molar refractivity (Wildman–Crippen MR) is 76.7 cm³/mol. The monoisotopic (exact) mass is 257 g/mol. The highest BCUT2D eigenvalue weighted by atomic mass is 16.5.